The van der Waals surface area contributed by atoms with Crippen molar-refractivity contribution in [3.05, 3.63) is 90.1 Å². The Labute approximate surface area is 136 Å². The zero-order valence-corrected chi connectivity index (χ0v) is 13.0. The fraction of sp³-hybridized carbons (Fsp3) is 0.0526. The molecule has 4 nitrogen and oxygen atoms in total. The quantitative estimate of drug-likeness (QED) is 0.672. The first-order chi connectivity index (χ1) is 11.1. The van der Waals surface area contributed by atoms with E-state index in [1.807, 2.05) is 36.4 Å². The third kappa shape index (κ3) is 4.68. The first-order valence-electron chi connectivity index (χ1n) is 7.19. The van der Waals surface area contributed by atoms with E-state index in [1.165, 1.54) is 6.20 Å². The zero-order valence-electron chi connectivity index (χ0n) is 13.0. The predicted molar refractivity (Wildman–Crippen MR) is 94.8 cm³/mol. The molecule has 0 aliphatic rings. The van der Waals surface area contributed by atoms with E-state index in [0.29, 0.717) is 22.7 Å². The molecule has 0 atom stereocenters. The molecule has 0 heterocycles. The molecule has 1 amide bonds. The van der Waals surface area contributed by atoms with Gasteiger partial charge in [0.1, 0.15) is 5.84 Å². The van der Waals surface area contributed by atoms with Gasteiger partial charge in [0.05, 0.1) is 11.9 Å². The van der Waals surface area contributed by atoms with Crippen molar-refractivity contribution < 1.29 is 4.79 Å². The maximum atomic E-state index is 12.2. The van der Waals surface area contributed by atoms with Crippen LogP contribution in [0.4, 0.5) is 0 Å². The number of rotatable bonds is 4. The maximum absolute atomic E-state index is 12.2. The molecule has 0 aliphatic heterocycles. The standard InChI is InChI=1S/C19H19N3O/c1-14(2)18(22-19(23)16-11-7-4-8-12-16)21-13-17(20)15-9-5-3-6-10-15/h3-13H,1,20H2,2H3,(H,21,22,23)/b17-13-. The Kier molecular flexibility index (Phi) is 5.47. The molecule has 0 saturated heterocycles. The van der Waals surface area contributed by atoms with Crippen molar-refractivity contribution in [1.82, 2.24) is 5.32 Å². The van der Waals surface area contributed by atoms with Crippen molar-refractivity contribution in [1.29, 1.82) is 0 Å². The SMILES string of the molecule is C=C(C)C(=N/C=C(\N)c1ccccc1)NC(=O)c1ccccc1. The fourth-order valence-corrected chi connectivity index (χ4v) is 1.86. The second-order valence-corrected chi connectivity index (χ2v) is 5.03. The molecule has 0 aliphatic carbocycles. The van der Waals surface area contributed by atoms with Gasteiger partial charge in [-0.05, 0) is 30.2 Å². The van der Waals surface area contributed by atoms with Crippen LogP contribution in [-0.4, -0.2) is 11.7 Å². The Morgan fingerprint density at radius 2 is 1.57 bits per heavy atom. The summed E-state index contributed by atoms with van der Waals surface area (Å²) in [7, 11) is 0. The molecule has 3 N–H and O–H groups in total. The highest BCUT2D eigenvalue weighted by molar-refractivity contribution is 6.12. The van der Waals surface area contributed by atoms with E-state index >= 15 is 0 Å². The van der Waals surface area contributed by atoms with Crippen molar-refractivity contribution in [2.45, 2.75) is 6.92 Å². The van der Waals surface area contributed by atoms with Gasteiger partial charge in [-0.25, -0.2) is 4.99 Å². The van der Waals surface area contributed by atoms with Crippen LogP contribution in [0.2, 0.25) is 0 Å². The maximum Gasteiger partial charge on any atom is 0.256 e. The molecule has 116 valence electrons. The molecule has 0 radical (unpaired) electrons. The Morgan fingerprint density at radius 3 is 2.09 bits per heavy atom. The largest absolute Gasteiger partial charge is 0.397 e. The molecule has 0 bridgehead atoms. The number of nitrogens with one attached hydrogen (secondary N) is 1. The minimum absolute atomic E-state index is 0.237. The van der Waals surface area contributed by atoms with Gasteiger partial charge in [-0.3, -0.25) is 4.79 Å². The second kappa shape index (κ2) is 7.75. The van der Waals surface area contributed by atoms with E-state index in [1.54, 1.807) is 31.2 Å². The van der Waals surface area contributed by atoms with Crippen molar-refractivity contribution in [2.24, 2.45) is 10.7 Å². The van der Waals surface area contributed by atoms with Gasteiger partial charge in [-0.2, -0.15) is 0 Å². The molecular formula is C19H19N3O. The number of hydrogen-bond acceptors (Lipinski definition) is 3. The number of nitrogens with zero attached hydrogens (tertiary/aromatic N) is 1. The first-order valence-corrected chi connectivity index (χ1v) is 7.19. The summed E-state index contributed by atoms with van der Waals surface area (Å²) in [6.45, 7) is 5.61. The summed E-state index contributed by atoms with van der Waals surface area (Å²) in [4.78, 5) is 16.5. The average molecular weight is 305 g/mol. The Bertz CT molecular complexity index is 747. The number of aliphatic imine (C=N–C) groups is 1. The van der Waals surface area contributed by atoms with Crippen LogP contribution in [0.5, 0.6) is 0 Å². The summed E-state index contributed by atoms with van der Waals surface area (Å²) in [6, 6.07) is 18.4. The lowest BCUT2D eigenvalue weighted by molar-refractivity contribution is 0.0977. The normalized spacial score (nSPS) is 11.9. The van der Waals surface area contributed by atoms with E-state index in [2.05, 4.69) is 16.9 Å². The molecule has 0 fully saturated rings. The van der Waals surface area contributed by atoms with Crippen molar-refractivity contribution in [3.8, 4) is 0 Å². The number of amidine groups is 1. The van der Waals surface area contributed by atoms with Crippen molar-refractivity contribution >= 4 is 17.4 Å². The lowest BCUT2D eigenvalue weighted by Gasteiger charge is -2.08. The summed E-state index contributed by atoms with van der Waals surface area (Å²) in [6.07, 6.45) is 1.52. The Hall–Kier alpha value is -3.14. The summed E-state index contributed by atoms with van der Waals surface area (Å²) in [5.74, 6) is 0.150. The van der Waals surface area contributed by atoms with Crippen LogP contribution in [0.15, 0.2) is 84.0 Å². The van der Waals surface area contributed by atoms with E-state index in [4.69, 9.17) is 5.73 Å². The summed E-state index contributed by atoms with van der Waals surface area (Å²) in [5, 5.41) is 2.75. The average Bonchev–Trinajstić information content (AvgIpc) is 2.59. The van der Waals surface area contributed by atoms with Gasteiger partial charge in [0.2, 0.25) is 0 Å². The smallest absolute Gasteiger partial charge is 0.256 e. The topological polar surface area (TPSA) is 67.5 Å². The fourth-order valence-electron chi connectivity index (χ4n) is 1.86. The molecule has 0 saturated carbocycles. The van der Waals surface area contributed by atoms with Gasteiger partial charge in [-0.15, -0.1) is 0 Å². The second-order valence-electron chi connectivity index (χ2n) is 5.03. The van der Waals surface area contributed by atoms with Crippen molar-refractivity contribution in [2.75, 3.05) is 0 Å². The predicted octanol–water partition coefficient (Wildman–Crippen LogP) is 3.35. The van der Waals surface area contributed by atoms with Crippen molar-refractivity contribution in [3.63, 3.8) is 0 Å². The van der Waals surface area contributed by atoms with Gasteiger partial charge in [0, 0.05) is 5.56 Å². The third-order valence-electron chi connectivity index (χ3n) is 3.11. The highest BCUT2D eigenvalue weighted by Crippen LogP contribution is 2.08. The summed E-state index contributed by atoms with van der Waals surface area (Å²) in [5.41, 5.74) is 8.58. The van der Waals surface area contributed by atoms with Crippen LogP contribution in [0.25, 0.3) is 5.70 Å². The number of amides is 1. The molecule has 2 aromatic rings. The molecule has 23 heavy (non-hydrogen) atoms. The first kappa shape index (κ1) is 16.2. The number of carbonyl (C=O) groups is 1. The van der Waals surface area contributed by atoms with E-state index in [-0.39, 0.29) is 5.91 Å². The van der Waals surface area contributed by atoms with Crippen LogP contribution >= 0.6 is 0 Å². The highest BCUT2D eigenvalue weighted by atomic mass is 16.1. The number of hydrogen-bond donors (Lipinski definition) is 2. The van der Waals surface area contributed by atoms with Crippen LogP contribution in [0, 0.1) is 0 Å². The van der Waals surface area contributed by atoms with E-state index < -0.39 is 0 Å². The third-order valence-corrected chi connectivity index (χ3v) is 3.11. The van der Waals surface area contributed by atoms with Gasteiger partial charge in [0.25, 0.3) is 5.91 Å². The van der Waals surface area contributed by atoms with E-state index in [0.717, 1.165) is 5.56 Å². The van der Waals surface area contributed by atoms with Crippen LogP contribution in [-0.2, 0) is 0 Å². The van der Waals surface area contributed by atoms with Gasteiger partial charge >= 0.3 is 0 Å². The van der Waals surface area contributed by atoms with E-state index in [9.17, 15) is 4.79 Å². The van der Waals surface area contributed by atoms with Gasteiger partial charge in [-0.1, -0.05) is 55.1 Å². The molecule has 2 aromatic carbocycles. The summed E-state index contributed by atoms with van der Waals surface area (Å²) < 4.78 is 0. The van der Waals surface area contributed by atoms with Crippen LogP contribution in [0.3, 0.4) is 0 Å². The molecule has 2 rings (SSSR count). The van der Waals surface area contributed by atoms with Crippen LogP contribution in [0.1, 0.15) is 22.8 Å². The number of nitrogens with two attached hydrogens (primary N) is 1. The van der Waals surface area contributed by atoms with Gasteiger partial charge in [0.15, 0.2) is 0 Å². The monoisotopic (exact) mass is 305 g/mol. The Balaban J connectivity index is 2.18. The lowest BCUT2D eigenvalue weighted by Crippen LogP contribution is -2.30. The highest BCUT2D eigenvalue weighted by Gasteiger charge is 2.08. The zero-order chi connectivity index (χ0) is 16.7. The number of benzene rings is 2. The minimum atomic E-state index is -0.237. The minimum Gasteiger partial charge on any atom is -0.397 e. The molecule has 4 heteroatoms. The lowest BCUT2D eigenvalue weighted by atomic mass is 10.2. The molecular weight excluding hydrogens is 286 g/mol. The molecule has 0 spiro atoms. The van der Waals surface area contributed by atoms with Gasteiger partial charge < -0.3 is 11.1 Å². The summed E-state index contributed by atoms with van der Waals surface area (Å²) >= 11 is 0. The number of carbonyl (C=O) groups excluding carboxylic acids is 1. The molecule has 0 unspecified atom stereocenters. The van der Waals surface area contributed by atoms with Crippen LogP contribution < -0.4 is 11.1 Å². The Morgan fingerprint density at radius 1 is 1.04 bits per heavy atom. The molecule has 0 aromatic heterocycles.